The predicted molar refractivity (Wildman–Crippen MR) is 120 cm³/mol. The molecule has 3 rings (SSSR count). The van der Waals surface area contributed by atoms with Gasteiger partial charge in [0.25, 0.3) is 0 Å². The van der Waals surface area contributed by atoms with Crippen molar-refractivity contribution < 1.29 is 23.1 Å². The molecule has 0 unspecified atom stereocenters. The number of fused-ring (bicyclic) bond motifs is 1. The van der Waals surface area contributed by atoms with E-state index in [9.17, 15) is 23.1 Å². The van der Waals surface area contributed by atoms with Crippen molar-refractivity contribution >= 4 is 44.3 Å². The maximum atomic E-state index is 13.2. The largest absolute Gasteiger partial charge is 0.480 e. The Balaban J connectivity index is 1.86. The molecule has 1 aliphatic heterocycles. The van der Waals surface area contributed by atoms with E-state index in [1.54, 1.807) is 30.3 Å². The molecule has 1 saturated heterocycles. The van der Waals surface area contributed by atoms with Gasteiger partial charge in [-0.25, -0.2) is 13.2 Å². The van der Waals surface area contributed by atoms with E-state index >= 15 is 0 Å². The minimum Gasteiger partial charge on any atom is -0.480 e. The van der Waals surface area contributed by atoms with Crippen molar-refractivity contribution in [1.29, 1.82) is 0 Å². The average molecular weight is 467 g/mol. The molecule has 7 nitrogen and oxygen atoms in total. The summed E-state index contributed by atoms with van der Waals surface area (Å²) in [5, 5.41) is 11.7. The van der Waals surface area contributed by atoms with Gasteiger partial charge in [0.15, 0.2) is 0 Å². The van der Waals surface area contributed by atoms with E-state index in [4.69, 9.17) is 11.6 Å². The first-order chi connectivity index (χ1) is 14.3. The van der Waals surface area contributed by atoms with Crippen LogP contribution in [0.15, 0.2) is 41.3 Å². The quantitative estimate of drug-likeness (QED) is 0.701. The van der Waals surface area contributed by atoms with Crippen LogP contribution in [0, 0.1) is 5.41 Å². The van der Waals surface area contributed by atoms with E-state index in [0.717, 1.165) is 15.1 Å². The first kappa shape index (κ1) is 23.5. The van der Waals surface area contributed by atoms with Crippen LogP contribution in [0.1, 0.15) is 33.6 Å². The second kappa shape index (κ2) is 8.41. The van der Waals surface area contributed by atoms with E-state index < -0.39 is 34.0 Å². The molecule has 0 saturated carbocycles. The van der Waals surface area contributed by atoms with Gasteiger partial charge in [-0.05, 0) is 53.3 Å². The summed E-state index contributed by atoms with van der Waals surface area (Å²) in [6.07, 6.45) is 0.524. The summed E-state index contributed by atoms with van der Waals surface area (Å²) in [4.78, 5) is 26.2. The highest BCUT2D eigenvalue weighted by Crippen LogP contribution is 2.30. The highest BCUT2D eigenvalue weighted by molar-refractivity contribution is 7.89. The standard InChI is InChI=1S/C22H27ClN2O5S/c1-22(2,3)13-19(21(27)28)25-10-9-18(20(25)26)24(4)31(29,30)17-8-6-14-11-16(23)7-5-15(14)12-17/h5-8,11-12,18-19H,9-10,13H2,1-4H3,(H,27,28)/t18-,19-/m0/s1. The summed E-state index contributed by atoms with van der Waals surface area (Å²) >= 11 is 5.99. The lowest BCUT2D eigenvalue weighted by Crippen LogP contribution is -2.48. The van der Waals surface area contributed by atoms with E-state index in [1.807, 2.05) is 20.8 Å². The molecule has 168 valence electrons. The number of amides is 1. The molecule has 0 aliphatic carbocycles. The van der Waals surface area contributed by atoms with Crippen LogP contribution in [0.3, 0.4) is 0 Å². The molecule has 1 amide bonds. The second-order valence-corrected chi connectivity index (χ2v) is 11.6. The fourth-order valence-corrected chi connectivity index (χ4v) is 5.49. The summed E-state index contributed by atoms with van der Waals surface area (Å²) in [5.74, 6) is -1.56. The molecule has 2 aromatic rings. The minimum atomic E-state index is -3.96. The summed E-state index contributed by atoms with van der Waals surface area (Å²) in [6.45, 7) is 5.92. The van der Waals surface area contributed by atoms with Gasteiger partial charge in [0.2, 0.25) is 15.9 Å². The summed E-state index contributed by atoms with van der Waals surface area (Å²) < 4.78 is 27.5. The molecule has 2 atom stereocenters. The number of carbonyl (C=O) groups excluding carboxylic acids is 1. The van der Waals surface area contributed by atoms with Crippen LogP contribution in [0.2, 0.25) is 5.02 Å². The van der Waals surface area contributed by atoms with E-state index in [-0.39, 0.29) is 29.7 Å². The zero-order valence-corrected chi connectivity index (χ0v) is 19.6. The normalized spacial score (nSPS) is 18.7. The Hall–Kier alpha value is -2.16. The van der Waals surface area contributed by atoms with Crippen molar-refractivity contribution in [3.05, 3.63) is 41.4 Å². The number of benzene rings is 2. The number of halogens is 1. The van der Waals surface area contributed by atoms with Gasteiger partial charge in [-0.15, -0.1) is 0 Å². The van der Waals surface area contributed by atoms with Gasteiger partial charge in [-0.1, -0.05) is 44.5 Å². The molecule has 1 heterocycles. The van der Waals surface area contributed by atoms with Gasteiger partial charge in [-0.3, -0.25) is 4.79 Å². The number of aliphatic carboxylic acids is 1. The number of rotatable bonds is 6. The highest BCUT2D eigenvalue weighted by atomic mass is 35.5. The van der Waals surface area contributed by atoms with Crippen LogP contribution in [0.25, 0.3) is 10.8 Å². The van der Waals surface area contributed by atoms with Crippen molar-refractivity contribution in [2.24, 2.45) is 5.41 Å². The Morgan fingerprint density at radius 3 is 2.45 bits per heavy atom. The van der Waals surface area contributed by atoms with E-state index in [0.29, 0.717) is 5.02 Å². The van der Waals surface area contributed by atoms with Gasteiger partial charge in [0.05, 0.1) is 4.90 Å². The lowest BCUT2D eigenvalue weighted by molar-refractivity contribution is -0.150. The Kier molecular flexibility index (Phi) is 6.37. The third-order valence-corrected chi connectivity index (χ3v) is 7.67. The van der Waals surface area contributed by atoms with Crippen molar-refractivity contribution in [3.63, 3.8) is 0 Å². The van der Waals surface area contributed by atoms with Crippen LogP contribution in [0.5, 0.6) is 0 Å². The Bertz CT molecular complexity index is 1130. The summed E-state index contributed by atoms with van der Waals surface area (Å²) in [5.41, 5.74) is -0.298. The molecule has 0 bridgehead atoms. The Labute approximate surface area is 187 Å². The fraction of sp³-hybridized carbons (Fsp3) is 0.455. The Morgan fingerprint density at radius 2 is 1.84 bits per heavy atom. The van der Waals surface area contributed by atoms with E-state index in [2.05, 4.69) is 0 Å². The number of likely N-dealkylation sites (N-methyl/N-ethyl adjacent to an activating group) is 1. The van der Waals surface area contributed by atoms with Crippen molar-refractivity contribution in [3.8, 4) is 0 Å². The third-order valence-electron chi connectivity index (χ3n) is 5.57. The highest BCUT2D eigenvalue weighted by Gasteiger charge is 2.44. The predicted octanol–water partition coefficient (Wildman–Crippen LogP) is 3.60. The zero-order chi connectivity index (χ0) is 23.1. The smallest absolute Gasteiger partial charge is 0.326 e. The third kappa shape index (κ3) is 4.86. The van der Waals surface area contributed by atoms with Gasteiger partial charge >= 0.3 is 5.97 Å². The monoisotopic (exact) mass is 466 g/mol. The molecule has 0 aromatic heterocycles. The van der Waals surface area contributed by atoms with Crippen molar-refractivity contribution in [2.45, 2.75) is 50.6 Å². The zero-order valence-electron chi connectivity index (χ0n) is 18.0. The number of sulfonamides is 1. The maximum Gasteiger partial charge on any atom is 0.326 e. The maximum absolute atomic E-state index is 13.2. The number of hydrogen-bond acceptors (Lipinski definition) is 4. The number of nitrogens with zero attached hydrogens (tertiary/aromatic N) is 2. The summed E-state index contributed by atoms with van der Waals surface area (Å²) in [6, 6.07) is 7.96. The summed E-state index contributed by atoms with van der Waals surface area (Å²) in [7, 11) is -2.59. The molecule has 9 heteroatoms. The minimum absolute atomic E-state index is 0.0700. The Morgan fingerprint density at radius 1 is 1.23 bits per heavy atom. The van der Waals surface area contributed by atoms with Crippen LogP contribution >= 0.6 is 11.6 Å². The number of carboxylic acids is 1. The molecule has 0 spiro atoms. The van der Waals surface area contributed by atoms with Crippen LogP contribution < -0.4 is 0 Å². The number of carboxylic acid groups (broad SMARTS) is 1. The molecular weight excluding hydrogens is 440 g/mol. The van der Waals surface area contributed by atoms with Gasteiger partial charge in [-0.2, -0.15) is 4.31 Å². The van der Waals surface area contributed by atoms with Crippen molar-refractivity contribution in [2.75, 3.05) is 13.6 Å². The molecule has 1 N–H and O–H groups in total. The average Bonchev–Trinajstić information content (AvgIpc) is 3.05. The molecule has 1 aliphatic rings. The SMILES string of the molecule is CN([C@H]1CCN([C@@H](CC(C)(C)C)C(=O)O)C1=O)S(=O)(=O)c1ccc2cc(Cl)ccc2c1. The van der Waals surface area contributed by atoms with Gasteiger partial charge in [0.1, 0.15) is 12.1 Å². The fourth-order valence-electron chi connectivity index (χ4n) is 3.93. The van der Waals surface area contributed by atoms with E-state index in [1.165, 1.54) is 18.0 Å². The number of likely N-dealkylation sites (tertiary alicyclic amines) is 1. The first-order valence-corrected chi connectivity index (χ1v) is 11.8. The van der Waals surface area contributed by atoms with Crippen LogP contribution in [-0.4, -0.2) is 60.3 Å². The molecule has 2 aromatic carbocycles. The van der Waals surface area contributed by atoms with Gasteiger partial charge in [0, 0.05) is 18.6 Å². The number of hydrogen-bond donors (Lipinski definition) is 1. The first-order valence-electron chi connectivity index (χ1n) is 10.0. The lowest BCUT2D eigenvalue weighted by atomic mass is 9.87. The lowest BCUT2D eigenvalue weighted by Gasteiger charge is -2.31. The molecule has 0 radical (unpaired) electrons. The second-order valence-electron chi connectivity index (χ2n) is 9.13. The molecule has 31 heavy (non-hydrogen) atoms. The molecule has 1 fully saturated rings. The van der Waals surface area contributed by atoms with Crippen LogP contribution in [0.4, 0.5) is 0 Å². The van der Waals surface area contributed by atoms with Gasteiger partial charge < -0.3 is 10.0 Å². The molecular formula is C22H27ClN2O5S. The van der Waals surface area contributed by atoms with Crippen molar-refractivity contribution in [1.82, 2.24) is 9.21 Å². The van der Waals surface area contributed by atoms with Crippen LogP contribution in [-0.2, 0) is 19.6 Å². The number of carbonyl (C=O) groups is 2. The topological polar surface area (TPSA) is 95.0 Å².